The van der Waals surface area contributed by atoms with Crippen LogP contribution in [0.25, 0.3) is 0 Å². The Bertz CT molecular complexity index is 1110. The van der Waals surface area contributed by atoms with Crippen molar-refractivity contribution >= 4 is 11.9 Å². The fraction of sp³-hybridized carbons (Fsp3) is 0.622. The molecule has 6 nitrogen and oxygen atoms in total. The van der Waals surface area contributed by atoms with Crippen molar-refractivity contribution in [1.29, 1.82) is 0 Å². The third-order valence-electron chi connectivity index (χ3n) is 10.3. The largest absolute Gasteiger partial charge is 0.459 e. The van der Waals surface area contributed by atoms with Gasteiger partial charge < -0.3 is 18.7 Å². The molecule has 0 saturated carbocycles. The van der Waals surface area contributed by atoms with Crippen LogP contribution in [0.15, 0.2) is 60.7 Å². The first-order valence-electron chi connectivity index (χ1n) is 17.0. The lowest BCUT2D eigenvalue weighted by Crippen LogP contribution is -2.60. The summed E-state index contributed by atoms with van der Waals surface area (Å²) >= 11 is 0. The molecule has 3 aliphatic rings. The topological polar surface area (TPSA) is 61.8 Å². The minimum atomic E-state index is -1.56. The Morgan fingerprint density at radius 1 is 0.814 bits per heavy atom. The van der Waals surface area contributed by atoms with Gasteiger partial charge in [-0.3, -0.25) is 4.79 Å². The number of quaternary nitrogens is 1. The van der Waals surface area contributed by atoms with Gasteiger partial charge in [0.25, 0.3) is 0 Å². The van der Waals surface area contributed by atoms with E-state index in [0.29, 0.717) is 29.6 Å². The average Bonchev–Trinajstić information content (AvgIpc) is 3.56. The maximum Gasteiger partial charge on any atom is 0.348 e. The molecule has 2 aromatic carbocycles. The lowest BCUT2D eigenvalue weighted by molar-refractivity contribution is -0.956. The number of piperidine rings is 1. The van der Waals surface area contributed by atoms with Gasteiger partial charge in [0, 0.05) is 44.9 Å². The molecule has 1 spiro atoms. The first kappa shape index (κ1) is 31.7. The zero-order valence-electron chi connectivity index (χ0n) is 26.4. The van der Waals surface area contributed by atoms with Crippen LogP contribution in [0.2, 0.25) is 0 Å². The van der Waals surface area contributed by atoms with Crippen LogP contribution in [-0.2, 0) is 29.4 Å². The summed E-state index contributed by atoms with van der Waals surface area (Å²) in [6.07, 6.45) is 14.1. The number of rotatable bonds is 15. The quantitative estimate of drug-likeness (QED) is 0.0916. The van der Waals surface area contributed by atoms with E-state index in [-0.39, 0.29) is 12.1 Å². The lowest BCUT2D eigenvalue weighted by Gasteiger charge is -2.47. The maximum atomic E-state index is 14.5. The minimum Gasteiger partial charge on any atom is -0.459 e. The highest BCUT2D eigenvalue weighted by Gasteiger charge is 2.57. The Morgan fingerprint density at radius 2 is 1.35 bits per heavy atom. The van der Waals surface area contributed by atoms with Crippen molar-refractivity contribution in [3.8, 4) is 0 Å². The molecule has 5 rings (SSSR count). The van der Waals surface area contributed by atoms with Crippen molar-refractivity contribution in [3.05, 3.63) is 71.8 Å². The smallest absolute Gasteiger partial charge is 0.348 e. The number of hydrogen-bond acceptors (Lipinski definition) is 5. The highest BCUT2D eigenvalue weighted by Crippen LogP contribution is 2.47. The van der Waals surface area contributed by atoms with Gasteiger partial charge in [-0.25, -0.2) is 4.79 Å². The van der Waals surface area contributed by atoms with Crippen LogP contribution in [0, 0.1) is 0 Å². The van der Waals surface area contributed by atoms with Crippen LogP contribution in [0.4, 0.5) is 0 Å². The van der Waals surface area contributed by atoms with Crippen LogP contribution < -0.4 is 0 Å². The molecule has 0 aromatic heterocycles. The van der Waals surface area contributed by atoms with Crippen molar-refractivity contribution in [2.24, 2.45) is 0 Å². The van der Waals surface area contributed by atoms with Crippen LogP contribution in [0.5, 0.6) is 0 Å². The molecular weight excluding hydrogens is 538 g/mol. The molecule has 3 unspecified atom stereocenters. The molecule has 0 amide bonds. The molecule has 43 heavy (non-hydrogen) atoms. The Hall–Kier alpha value is -2.70. The lowest BCUT2D eigenvalue weighted by atomic mass is 9.85. The number of benzene rings is 2. The van der Waals surface area contributed by atoms with Crippen molar-refractivity contribution in [3.63, 3.8) is 0 Å². The highest BCUT2D eigenvalue weighted by molar-refractivity contribution is 5.86. The summed E-state index contributed by atoms with van der Waals surface area (Å²) in [7, 11) is 0. The first-order valence-corrected chi connectivity index (χ1v) is 17.0. The molecule has 3 heterocycles. The molecule has 3 atom stereocenters. The molecule has 0 aliphatic carbocycles. The molecule has 3 fully saturated rings. The fourth-order valence-electron chi connectivity index (χ4n) is 8.22. The Balaban J connectivity index is 1.31. The Labute approximate surface area is 258 Å². The standard InChI is InChI=1S/C37H52NO5/c1-3-4-5-6-7-8-15-22-35(39)41-29(2)43-37(30-18-11-9-12-19-30,31-20-13-10-14-21-31)36(40)42-34-27-32-23-24-33(28-34)38(32)25-16-17-26-38/h9-14,18-21,29,32-34H,3-8,15-17,22-28H2,1-2H3/q+1. The van der Waals surface area contributed by atoms with Gasteiger partial charge in [-0.05, 0) is 24.5 Å². The summed E-state index contributed by atoms with van der Waals surface area (Å²) < 4.78 is 20.1. The molecule has 2 aromatic rings. The number of unbranched alkanes of at least 4 members (excludes halogenated alkanes) is 6. The van der Waals surface area contributed by atoms with Crippen LogP contribution in [0.3, 0.4) is 0 Å². The second-order valence-corrected chi connectivity index (χ2v) is 13.1. The number of esters is 2. The molecule has 2 bridgehead atoms. The second-order valence-electron chi connectivity index (χ2n) is 13.1. The zero-order valence-corrected chi connectivity index (χ0v) is 26.4. The predicted octanol–water partition coefficient (Wildman–Crippen LogP) is 7.82. The van der Waals surface area contributed by atoms with E-state index in [9.17, 15) is 9.59 Å². The molecule has 234 valence electrons. The third-order valence-corrected chi connectivity index (χ3v) is 10.3. The summed E-state index contributed by atoms with van der Waals surface area (Å²) in [6.45, 7) is 6.48. The Kier molecular flexibility index (Phi) is 11.0. The van der Waals surface area contributed by atoms with E-state index in [1.807, 2.05) is 60.7 Å². The SMILES string of the molecule is CCCCCCCCCC(=O)OC(C)OC(C(=O)OC1CC2CCC(C1)[N+]21CCCC1)(c1ccccc1)c1ccccc1. The monoisotopic (exact) mass is 590 g/mol. The third kappa shape index (κ3) is 7.17. The van der Waals surface area contributed by atoms with E-state index in [4.69, 9.17) is 14.2 Å². The second kappa shape index (κ2) is 14.9. The first-order chi connectivity index (χ1) is 21.0. The van der Waals surface area contributed by atoms with Crippen LogP contribution in [-0.4, -0.2) is 54.0 Å². The van der Waals surface area contributed by atoms with E-state index in [1.165, 1.54) is 68.9 Å². The summed E-state index contributed by atoms with van der Waals surface area (Å²) in [5.41, 5.74) is -0.219. The van der Waals surface area contributed by atoms with Gasteiger partial charge in [-0.1, -0.05) is 106 Å². The minimum absolute atomic E-state index is 0.139. The van der Waals surface area contributed by atoms with Gasteiger partial charge in [0.1, 0.15) is 6.10 Å². The maximum absolute atomic E-state index is 14.5. The summed E-state index contributed by atoms with van der Waals surface area (Å²) in [5, 5.41) is 0. The van der Waals surface area contributed by atoms with Gasteiger partial charge in [0.2, 0.25) is 11.9 Å². The van der Waals surface area contributed by atoms with Crippen molar-refractivity contribution in [2.75, 3.05) is 13.1 Å². The van der Waals surface area contributed by atoms with Crippen molar-refractivity contribution in [2.45, 2.75) is 134 Å². The van der Waals surface area contributed by atoms with Crippen molar-refractivity contribution in [1.82, 2.24) is 0 Å². The molecule has 6 heteroatoms. The average molecular weight is 591 g/mol. The molecular formula is C37H52NO5+. The van der Waals surface area contributed by atoms with E-state index in [1.54, 1.807) is 6.92 Å². The van der Waals surface area contributed by atoms with E-state index in [0.717, 1.165) is 32.1 Å². The normalized spacial score (nSPS) is 23.3. The molecule has 0 radical (unpaired) electrons. The van der Waals surface area contributed by atoms with Crippen molar-refractivity contribution < 1.29 is 28.3 Å². The number of carbonyl (C=O) groups excluding carboxylic acids is 2. The van der Waals surface area contributed by atoms with Gasteiger partial charge >= 0.3 is 11.9 Å². The number of carbonyl (C=O) groups is 2. The van der Waals surface area contributed by atoms with Crippen LogP contribution in [0.1, 0.15) is 115 Å². The van der Waals surface area contributed by atoms with E-state index < -0.39 is 17.9 Å². The number of ether oxygens (including phenoxy) is 3. The van der Waals surface area contributed by atoms with Gasteiger partial charge in [-0.2, -0.15) is 0 Å². The molecule has 3 aliphatic heterocycles. The summed E-state index contributed by atoms with van der Waals surface area (Å²) in [5.74, 6) is -0.730. The fourth-order valence-corrected chi connectivity index (χ4v) is 8.22. The molecule has 3 saturated heterocycles. The van der Waals surface area contributed by atoms with Gasteiger partial charge in [-0.15, -0.1) is 0 Å². The predicted molar refractivity (Wildman–Crippen MR) is 168 cm³/mol. The van der Waals surface area contributed by atoms with Crippen LogP contribution >= 0.6 is 0 Å². The highest BCUT2D eigenvalue weighted by atomic mass is 16.7. The van der Waals surface area contributed by atoms with Gasteiger partial charge in [0.15, 0.2) is 0 Å². The number of hydrogen-bond donors (Lipinski definition) is 0. The van der Waals surface area contributed by atoms with E-state index >= 15 is 0 Å². The van der Waals surface area contributed by atoms with E-state index in [2.05, 4.69) is 6.92 Å². The molecule has 0 N–H and O–H groups in total. The Morgan fingerprint density at radius 3 is 1.91 bits per heavy atom. The summed E-state index contributed by atoms with van der Waals surface area (Å²) in [4.78, 5) is 27.3. The number of nitrogens with zero attached hydrogens (tertiary/aromatic N) is 1. The summed E-state index contributed by atoms with van der Waals surface area (Å²) in [6, 6.07) is 20.2. The van der Waals surface area contributed by atoms with Gasteiger partial charge in [0.05, 0.1) is 25.2 Å². The zero-order chi connectivity index (χ0) is 30.1.